The number of fused-ring (bicyclic) bond motifs is 1. The molecular formula is C26H27N5O. The molecule has 6 nitrogen and oxygen atoms in total. The summed E-state index contributed by atoms with van der Waals surface area (Å²) < 4.78 is 2.04. The van der Waals surface area contributed by atoms with Gasteiger partial charge in [0.05, 0.1) is 19.1 Å². The van der Waals surface area contributed by atoms with E-state index < -0.39 is 0 Å². The lowest BCUT2D eigenvalue weighted by Gasteiger charge is -2.28. The molecule has 0 bridgehead atoms. The van der Waals surface area contributed by atoms with Crippen LogP contribution in [0.25, 0.3) is 5.65 Å². The number of aromatic nitrogens is 3. The van der Waals surface area contributed by atoms with Crippen molar-refractivity contribution in [3.05, 3.63) is 95.9 Å². The molecule has 1 aliphatic rings. The van der Waals surface area contributed by atoms with Crippen LogP contribution in [-0.2, 0) is 11.3 Å². The van der Waals surface area contributed by atoms with E-state index in [-0.39, 0.29) is 11.9 Å². The Labute approximate surface area is 188 Å². The van der Waals surface area contributed by atoms with Gasteiger partial charge in [0, 0.05) is 11.9 Å². The quantitative estimate of drug-likeness (QED) is 0.459. The Morgan fingerprint density at radius 2 is 1.88 bits per heavy atom. The SMILES string of the molecule is Cc1cccc(N(Cc2ccccc2)C(=O)CN2CCCC2c2nnc3ccccn23)c1. The largest absolute Gasteiger partial charge is 0.307 e. The third-order valence-electron chi connectivity index (χ3n) is 6.14. The van der Waals surface area contributed by atoms with Gasteiger partial charge in [0.1, 0.15) is 0 Å². The van der Waals surface area contributed by atoms with Crippen LogP contribution in [0, 0.1) is 6.92 Å². The average Bonchev–Trinajstić information content (AvgIpc) is 3.44. The smallest absolute Gasteiger partial charge is 0.241 e. The summed E-state index contributed by atoms with van der Waals surface area (Å²) in [5, 5.41) is 8.78. The standard InChI is InChI=1S/C26H27N5O/c1-20-9-7-12-22(17-20)31(18-21-10-3-2-4-11-21)25(32)19-29-15-8-13-23(29)26-28-27-24-14-5-6-16-30(24)26/h2-7,9-12,14,16-17,23H,8,13,15,18-19H2,1H3. The van der Waals surface area contributed by atoms with E-state index in [2.05, 4.69) is 46.3 Å². The average molecular weight is 426 g/mol. The van der Waals surface area contributed by atoms with Gasteiger partial charge in [-0.05, 0) is 61.7 Å². The Morgan fingerprint density at radius 3 is 2.72 bits per heavy atom. The maximum absolute atomic E-state index is 13.6. The lowest BCUT2D eigenvalue weighted by molar-refractivity contribution is -0.120. The molecule has 3 heterocycles. The number of carbonyl (C=O) groups excluding carboxylic acids is 1. The number of likely N-dealkylation sites (tertiary alicyclic amines) is 1. The summed E-state index contributed by atoms with van der Waals surface area (Å²) in [5.74, 6) is 1.01. The molecule has 0 saturated carbocycles. The number of anilines is 1. The van der Waals surface area contributed by atoms with Crippen molar-refractivity contribution in [1.29, 1.82) is 0 Å². The van der Waals surface area contributed by atoms with Crippen LogP contribution in [0.2, 0.25) is 0 Å². The van der Waals surface area contributed by atoms with Crippen molar-refractivity contribution < 1.29 is 4.79 Å². The molecule has 5 rings (SSSR count). The van der Waals surface area contributed by atoms with Crippen LogP contribution in [0.4, 0.5) is 5.69 Å². The number of rotatable bonds is 6. The van der Waals surface area contributed by atoms with Crippen molar-refractivity contribution in [2.75, 3.05) is 18.0 Å². The highest BCUT2D eigenvalue weighted by atomic mass is 16.2. The molecule has 162 valence electrons. The maximum atomic E-state index is 13.6. The van der Waals surface area contributed by atoms with Crippen molar-refractivity contribution in [3.8, 4) is 0 Å². The van der Waals surface area contributed by atoms with Gasteiger partial charge in [-0.3, -0.25) is 14.1 Å². The van der Waals surface area contributed by atoms with Gasteiger partial charge >= 0.3 is 0 Å². The van der Waals surface area contributed by atoms with E-state index in [1.54, 1.807) is 0 Å². The molecule has 2 aromatic heterocycles. The Morgan fingerprint density at radius 1 is 1.03 bits per heavy atom. The number of aryl methyl sites for hydroxylation is 1. The summed E-state index contributed by atoms with van der Waals surface area (Å²) in [6.45, 7) is 3.84. The van der Waals surface area contributed by atoms with Crippen LogP contribution in [0.15, 0.2) is 79.0 Å². The van der Waals surface area contributed by atoms with E-state index in [1.165, 1.54) is 0 Å². The van der Waals surface area contributed by atoms with Gasteiger partial charge in [0.25, 0.3) is 0 Å². The van der Waals surface area contributed by atoms with E-state index in [0.717, 1.165) is 47.7 Å². The lowest BCUT2D eigenvalue weighted by atomic mass is 10.1. The normalized spacial score (nSPS) is 16.5. The first-order chi connectivity index (χ1) is 15.7. The topological polar surface area (TPSA) is 53.7 Å². The van der Waals surface area contributed by atoms with Crippen molar-refractivity contribution in [2.24, 2.45) is 0 Å². The first-order valence-corrected chi connectivity index (χ1v) is 11.1. The molecule has 2 aromatic carbocycles. The van der Waals surface area contributed by atoms with Crippen LogP contribution in [0.1, 0.15) is 35.8 Å². The zero-order valence-corrected chi connectivity index (χ0v) is 18.3. The van der Waals surface area contributed by atoms with Crippen molar-refractivity contribution in [3.63, 3.8) is 0 Å². The molecular weight excluding hydrogens is 398 g/mol. The fraction of sp³-hybridized carbons (Fsp3) is 0.269. The third-order valence-corrected chi connectivity index (χ3v) is 6.14. The van der Waals surface area contributed by atoms with Crippen LogP contribution in [-0.4, -0.2) is 38.5 Å². The monoisotopic (exact) mass is 425 g/mol. The molecule has 0 N–H and O–H groups in total. The predicted octanol–water partition coefficient (Wildman–Crippen LogP) is 4.41. The van der Waals surface area contributed by atoms with E-state index in [9.17, 15) is 4.79 Å². The van der Waals surface area contributed by atoms with Gasteiger partial charge in [0.2, 0.25) is 5.91 Å². The van der Waals surface area contributed by atoms with Gasteiger partial charge in [-0.1, -0.05) is 48.5 Å². The first-order valence-electron chi connectivity index (χ1n) is 11.1. The number of hydrogen-bond donors (Lipinski definition) is 0. The van der Waals surface area contributed by atoms with Crippen molar-refractivity contribution in [1.82, 2.24) is 19.5 Å². The molecule has 6 heteroatoms. The molecule has 1 amide bonds. The Bertz CT molecular complexity index is 1220. The fourth-order valence-corrected chi connectivity index (χ4v) is 4.54. The van der Waals surface area contributed by atoms with E-state index >= 15 is 0 Å². The number of nitrogens with zero attached hydrogens (tertiary/aromatic N) is 5. The zero-order chi connectivity index (χ0) is 21.9. The number of amides is 1. The Balaban J connectivity index is 1.41. The van der Waals surface area contributed by atoms with Gasteiger partial charge in [-0.25, -0.2) is 0 Å². The third kappa shape index (κ3) is 4.14. The van der Waals surface area contributed by atoms with E-state index in [4.69, 9.17) is 0 Å². The van der Waals surface area contributed by atoms with E-state index in [1.807, 2.05) is 64.0 Å². The Kier molecular flexibility index (Phi) is 5.69. The second-order valence-corrected chi connectivity index (χ2v) is 8.42. The highest BCUT2D eigenvalue weighted by Gasteiger charge is 2.32. The van der Waals surface area contributed by atoms with Gasteiger partial charge in [-0.2, -0.15) is 0 Å². The molecule has 0 radical (unpaired) electrons. The molecule has 0 aliphatic carbocycles. The summed E-state index contributed by atoms with van der Waals surface area (Å²) in [4.78, 5) is 17.8. The summed E-state index contributed by atoms with van der Waals surface area (Å²) in [6, 6.07) is 24.3. The second kappa shape index (κ2) is 8.93. The summed E-state index contributed by atoms with van der Waals surface area (Å²) in [5.41, 5.74) is 4.03. The van der Waals surface area contributed by atoms with Crippen LogP contribution in [0.3, 0.4) is 0 Å². The van der Waals surface area contributed by atoms with Gasteiger partial charge in [0.15, 0.2) is 11.5 Å². The highest BCUT2D eigenvalue weighted by Crippen LogP contribution is 2.31. The number of carbonyl (C=O) groups is 1. The maximum Gasteiger partial charge on any atom is 0.241 e. The first kappa shape index (κ1) is 20.4. The Hall–Kier alpha value is -3.51. The molecule has 0 spiro atoms. The number of benzene rings is 2. The van der Waals surface area contributed by atoms with Crippen LogP contribution in [0.5, 0.6) is 0 Å². The summed E-state index contributed by atoms with van der Waals surface area (Å²) in [7, 11) is 0. The van der Waals surface area contributed by atoms with Crippen molar-refractivity contribution in [2.45, 2.75) is 32.4 Å². The van der Waals surface area contributed by atoms with E-state index in [0.29, 0.717) is 13.1 Å². The second-order valence-electron chi connectivity index (χ2n) is 8.42. The zero-order valence-electron chi connectivity index (χ0n) is 18.3. The summed E-state index contributed by atoms with van der Waals surface area (Å²) >= 11 is 0. The van der Waals surface area contributed by atoms with Crippen LogP contribution < -0.4 is 4.90 Å². The predicted molar refractivity (Wildman–Crippen MR) is 125 cm³/mol. The molecule has 4 aromatic rings. The molecule has 1 aliphatic heterocycles. The highest BCUT2D eigenvalue weighted by molar-refractivity contribution is 5.94. The summed E-state index contributed by atoms with van der Waals surface area (Å²) in [6.07, 6.45) is 4.02. The number of hydrogen-bond acceptors (Lipinski definition) is 4. The fourth-order valence-electron chi connectivity index (χ4n) is 4.54. The molecule has 1 atom stereocenters. The molecule has 1 saturated heterocycles. The lowest BCUT2D eigenvalue weighted by Crippen LogP contribution is -2.40. The number of pyridine rings is 1. The molecule has 1 fully saturated rings. The minimum atomic E-state index is 0.0902. The van der Waals surface area contributed by atoms with Crippen molar-refractivity contribution >= 4 is 17.2 Å². The minimum Gasteiger partial charge on any atom is -0.307 e. The van der Waals surface area contributed by atoms with Gasteiger partial charge in [-0.15, -0.1) is 10.2 Å². The molecule has 1 unspecified atom stereocenters. The van der Waals surface area contributed by atoms with Gasteiger partial charge < -0.3 is 4.90 Å². The van der Waals surface area contributed by atoms with Crippen LogP contribution >= 0.6 is 0 Å². The minimum absolute atomic E-state index is 0.0902. The molecule has 32 heavy (non-hydrogen) atoms.